The lowest BCUT2D eigenvalue weighted by atomic mass is 10.1. The van der Waals surface area contributed by atoms with E-state index in [1.807, 2.05) is 11.8 Å². The Morgan fingerprint density at radius 1 is 1.09 bits per heavy atom. The zero-order chi connectivity index (χ0) is 14.9. The van der Waals surface area contributed by atoms with Gasteiger partial charge < -0.3 is 0 Å². The highest BCUT2D eigenvalue weighted by Crippen LogP contribution is 2.32. The number of imidazole rings is 1. The van der Waals surface area contributed by atoms with Gasteiger partial charge in [-0.05, 0) is 35.4 Å². The maximum Gasteiger partial charge on any atom is 0.318 e. The van der Waals surface area contributed by atoms with Crippen molar-refractivity contribution in [1.82, 2.24) is 4.57 Å². The monoisotopic (exact) mass is 325 g/mol. The van der Waals surface area contributed by atoms with Gasteiger partial charge in [-0.1, -0.05) is 36.4 Å². The lowest BCUT2D eigenvalue weighted by Gasteiger charge is -2.00. The van der Waals surface area contributed by atoms with Gasteiger partial charge in [0, 0.05) is 16.2 Å². The van der Waals surface area contributed by atoms with E-state index in [9.17, 15) is 0 Å². The molecule has 2 aromatic heterocycles. The molecule has 0 spiro atoms. The van der Waals surface area contributed by atoms with E-state index in [1.165, 1.54) is 27.0 Å². The second-order valence-electron chi connectivity index (χ2n) is 5.29. The van der Waals surface area contributed by atoms with Gasteiger partial charge in [-0.25, -0.2) is 9.13 Å². The number of benzene rings is 1. The average Bonchev–Trinajstić information content (AvgIpc) is 3.26. The van der Waals surface area contributed by atoms with Crippen LogP contribution < -0.4 is 4.57 Å². The van der Waals surface area contributed by atoms with Crippen molar-refractivity contribution in [3.05, 3.63) is 58.4 Å². The normalized spacial score (nSPS) is 13.9. The maximum absolute atomic E-state index is 2.44. The van der Waals surface area contributed by atoms with E-state index < -0.39 is 0 Å². The minimum Gasteiger partial charge on any atom is -0.220 e. The Balaban J connectivity index is 1.87. The second-order valence-corrected chi connectivity index (χ2v) is 7.33. The third-order valence-corrected chi connectivity index (χ3v) is 5.91. The van der Waals surface area contributed by atoms with Gasteiger partial charge in [0.2, 0.25) is 0 Å². The topological polar surface area (TPSA) is 8.81 Å². The molecule has 0 radical (unpaired) electrons. The zero-order valence-electron chi connectivity index (χ0n) is 12.4. The molecule has 0 aliphatic carbocycles. The Morgan fingerprint density at radius 3 is 2.73 bits per heavy atom. The predicted molar refractivity (Wildman–Crippen MR) is 95.0 cm³/mol. The number of rotatable bonds is 3. The van der Waals surface area contributed by atoms with E-state index in [0.29, 0.717) is 0 Å². The number of aromatic nitrogens is 2. The maximum atomic E-state index is 2.44. The highest BCUT2D eigenvalue weighted by atomic mass is 32.2. The molecule has 110 valence electrons. The van der Waals surface area contributed by atoms with Crippen molar-refractivity contribution < 1.29 is 4.57 Å². The van der Waals surface area contributed by atoms with Gasteiger partial charge >= 0.3 is 5.16 Å². The second kappa shape index (κ2) is 5.78. The molecule has 1 aliphatic rings. The number of hydrogen-bond donors (Lipinski definition) is 0. The molecule has 0 N–H and O–H groups in total. The minimum absolute atomic E-state index is 1.09. The van der Waals surface area contributed by atoms with Crippen LogP contribution in [0, 0.1) is 0 Å². The first kappa shape index (κ1) is 13.9. The highest BCUT2D eigenvalue weighted by Gasteiger charge is 2.32. The van der Waals surface area contributed by atoms with E-state index in [0.717, 1.165) is 12.3 Å². The summed E-state index contributed by atoms with van der Waals surface area (Å²) in [5, 5.41) is 3.47. The molecule has 1 aromatic carbocycles. The molecule has 0 saturated heterocycles. The first-order chi connectivity index (χ1) is 10.8. The smallest absolute Gasteiger partial charge is 0.220 e. The van der Waals surface area contributed by atoms with Crippen molar-refractivity contribution in [2.75, 3.05) is 5.75 Å². The molecule has 22 heavy (non-hydrogen) atoms. The van der Waals surface area contributed by atoms with Gasteiger partial charge in [-0.3, -0.25) is 0 Å². The zero-order valence-corrected chi connectivity index (χ0v) is 14.0. The Hall–Kier alpha value is -1.78. The van der Waals surface area contributed by atoms with Crippen LogP contribution in [0.25, 0.3) is 23.4 Å². The summed E-state index contributed by atoms with van der Waals surface area (Å²) in [7, 11) is 2.18. The van der Waals surface area contributed by atoms with Crippen LogP contribution in [0.4, 0.5) is 0 Å². The SMILES string of the molecule is C[n+]1c(-c2ccccc2)c(/C=C/c2cccs2)n2c1SCC2. The van der Waals surface area contributed by atoms with Crippen LogP contribution in [0.2, 0.25) is 0 Å². The summed E-state index contributed by atoms with van der Waals surface area (Å²) < 4.78 is 4.78. The van der Waals surface area contributed by atoms with E-state index in [-0.39, 0.29) is 0 Å². The van der Waals surface area contributed by atoms with Crippen molar-refractivity contribution in [1.29, 1.82) is 0 Å². The van der Waals surface area contributed by atoms with E-state index in [1.54, 1.807) is 11.3 Å². The molecule has 0 amide bonds. The fourth-order valence-corrected chi connectivity index (χ4v) is 4.66. The van der Waals surface area contributed by atoms with E-state index >= 15 is 0 Å². The summed E-state index contributed by atoms with van der Waals surface area (Å²) in [6, 6.07) is 14.9. The number of thioether (sulfide) groups is 1. The predicted octanol–water partition coefficient (Wildman–Crippen LogP) is 4.32. The Kier molecular flexibility index (Phi) is 3.64. The molecule has 0 unspecified atom stereocenters. The highest BCUT2D eigenvalue weighted by molar-refractivity contribution is 7.99. The minimum atomic E-state index is 1.09. The first-order valence-electron chi connectivity index (χ1n) is 7.37. The van der Waals surface area contributed by atoms with Crippen molar-refractivity contribution >= 4 is 35.3 Å². The number of thiophene rings is 1. The Labute approximate surface area is 138 Å². The standard InChI is InChI=1S/C18H17N2S2/c1-19-17(14-6-3-2-4-7-14)16(20-11-13-22-18(19)20)10-9-15-8-5-12-21-15/h2-10,12H,11,13H2,1H3/q+1/b10-9+. The van der Waals surface area contributed by atoms with Crippen molar-refractivity contribution in [3.8, 4) is 11.3 Å². The Bertz CT molecular complexity index is 815. The lowest BCUT2D eigenvalue weighted by molar-refractivity contribution is -0.698. The van der Waals surface area contributed by atoms with Gasteiger partial charge in [-0.15, -0.1) is 11.3 Å². The van der Waals surface area contributed by atoms with E-state index in [4.69, 9.17) is 0 Å². The molecule has 4 heteroatoms. The molecule has 0 fully saturated rings. The number of fused-ring (bicyclic) bond motifs is 1. The summed E-state index contributed by atoms with van der Waals surface area (Å²) >= 11 is 3.72. The number of nitrogens with zero attached hydrogens (tertiary/aromatic N) is 2. The molecule has 3 heterocycles. The molecule has 0 atom stereocenters. The van der Waals surface area contributed by atoms with Gasteiger partial charge in [0.05, 0.1) is 7.05 Å². The van der Waals surface area contributed by atoms with Crippen molar-refractivity contribution in [2.24, 2.45) is 7.05 Å². The van der Waals surface area contributed by atoms with Gasteiger partial charge in [0.25, 0.3) is 0 Å². The van der Waals surface area contributed by atoms with Crippen molar-refractivity contribution in [2.45, 2.75) is 11.7 Å². The third-order valence-electron chi connectivity index (χ3n) is 3.93. The molecule has 3 aromatic rings. The molecular weight excluding hydrogens is 308 g/mol. The average molecular weight is 325 g/mol. The fraction of sp³-hybridized carbons (Fsp3) is 0.167. The number of hydrogen-bond acceptors (Lipinski definition) is 2. The van der Waals surface area contributed by atoms with Crippen LogP contribution in [0.1, 0.15) is 10.6 Å². The van der Waals surface area contributed by atoms with Gasteiger partial charge in [0.1, 0.15) is 6.54 Å². The quantitative estimate of drug-likeness (QED) is 0.652. The summed E-state index contributed by atoms with van der Waals surface area (Å²) in [4.78, 5) is 1.29. The largest absolute Gasteiger partial charge is 0.318 e. The van der Waals surface area contributed by atoms with Crippen molar-refractivity contribution in [3.63, 3.8) is 0 Å². The first-order valence-corrected chi connectivity index (χ1v) is 9.23. The molecule has 2 nitrogen and oxygen atoms in total. The molecule has 4 rings (SSSR count). The van der Waals surface area contributed by atoms with Crippen LogP contribution >= 0.6 is 23.1 Å². The summed E-state index contributed by atoms with van der Waals surface area (Å²) in [5.74, 6) is 1.16. The van der Waals surface area contributed by atoms with Crippen LogP contribution in [0.3, 0.4) is 0 Å². The van der Waals surface area contributed by atoms with Crippen LogP contribution in [-0.2, 0) is 13.6 Å². The van der Waals surface area contributed by atoms with E-state index in [2.05, 4.69) is 76.2 Å². The summed E-state index contributed by atoms with van der Waals surface area (Å²) in [5.41, 5.74) is 3.89. The third kappa shape index (κ3) is 2.32. The summed E-state index contributed by atoms with van der Waals surface area (Å²) in [6.45, 7) is 1.09. The molecule has 0 bridgehead atoms. The lowest BCUT2D eigenvalue weighted by Crippen LogP contribution is -2.31. The molecule has 0 saturated carbocycles. The Morgan fingerprint density at radius 2 is 1.95 bits per heavy atom. The molecule has 1 aliphatic heterocycles. The van der Waals surface area contributed by atoms with Gasteiger partial charge in [-0.2, -0.15) is 0 Å². The fourth-order valence-electron chi connectivity index (χ4n) is 2.95. The molecular formula is C18H17N2S2+. The van der Waals surface area contributed by atoms with Gasteiger partial charge in [0.15, 0.2) is 11.4 Å². The van der Waals surface area contributed by atoms with Crippen LogP contribution in [0.5, 0.6) is 0 Å². The van der Waals surface area contributed by atoms with Crippen LogP contribution in [-0.4, -0.2) is 10.3 Å². The summed E-state index contributed by atoms with van der Waals surface area (Å²) in [6.07, 6.45) is 4.49. The van der Waals surface area contributed by atoms with Crippen LogP contribution in [0.15, 0.2) is 53.0 Å².